The second-order valence-corrected chi connectivity index (χ2v) is 5.39. The van der Waals surface area contributed by atoms with E-state index in [1.165, 1.54) is 38.8 Å². The van der Waals surface area contributed by atoms with E-state index < -0.39 is 0 Å². The summed E-state index contributed by atoms with van der Waals surface area (Å²) in [5, 5.41) is 0. The Labute approximate surface area is 91.8 Å². The Kier molecular flexibility index (Phi) is 3.35. The van der Waals surface area contributed by atoms with Crippen molar-refractivity contribution in [2.45, 2.75) is 25.7 Å². The Morgan fingerprint density at radius 3 is 2.93 bits per heavy atom. The van der Waals surface area contributed by atoms with Gasteiger partial charge < -0.3 is 10.6 Å². The largest absolute Gasteiger partial charge is 0.329 e. The molecule has 1 spiro atoms. The molecule has 2 fully saturated rings. The number of nitrogens with zero attached hydrogens (tertiary/aromatic N) is 1. The van der Waals surface area contributed by atoms with Crippen LogP contribution in [-0.4, -0.2) is 37.0 Å². The predicted octanol–water partition coefficient (Wildman–Crippen LogP) is 1.68. The van der Waals surface area contributed by atoms with Crippen molar-refractivity contribution in [1.29, 1.82) is 0 Å². The van der Waals surface area contributed by atoms with Gasteiger partial charge in [0, 0.05) is 25.5 Å². The molecule has 1 saturated heterocycles. The van der Waals surface area contributed by atoms with Gasteiger partial charge in [-0.15, -0.1) is 11.6 Å². The molecule has 2 atom stereocenters. The monoisotopic (exact) mass is 216 g/mol. The maximum Gasteiger partial charge on any atom is 0.0251 e. The van der Waals surface area contributed by atoms with Crippen LogP contribution in [0.15, 0.2) is 0 Å². The molecule has 2 aliphatic rings. The lowest BCUT2D eigenvalue weighted by Gasteiger charge is -2.24. The lowest BCUT2D eigenvalue weighted by molar-refractivity contribution is 0.260. The van der Waals surface area contributed by atoms with Crippen molar-refractivity contribution in [1.82, 2.24) is 4.90 Å². The summed E-state index contributed by atoms with van der Waals surface area (Å²) in [6.45, 7) is 4.41. The van der Waals surface area contributed by atoms with E-state index in [2.05, 4.69) is 4.90 Å². The molecule has 2 rings (SSSR count). The van der Waals surface area contributed by atoms with Gasteiger partial charge in [0.25, 0.3) is 0 Å². The normalized spacial score (nSPS) is 38.6. The van der Waals surface area contributed by atoms with Gasteiger partial charge in [-0.1, -0.05) is 0 Å². The van der Waals surface area contributed by atoms with Crippen LogP contribution >= 0.6 is 11.6 Å². The molecule has 0 bridgehead atoms. The minimum Gasteiger partial charge on any atom is -0.329 e. The van der Waals surface area contributed by atoms with Crippen LogP contribution in [0.2, 0.25) is 0 Å². The molecule has 2 nitrogen and oxygen atoms in total. The minimum absolute atomic E-state index is 0.620. The standard InChI is InChI=1S/C11H21ClN2/c12-8-10-1-2-11(7-10)3-5-14(9-11)6-4-13/h10H,1-9,13H2/t10-,11-/m1/s1. The van der Waals surface area contributed by atoms with Crippen LogP contribution in [0, 0.1) is 11.3 Å². The van der Waals surface area contributed by atoms with Crippen molar-refractivity contribution in [2.24, 2.45) is 17.1 Å². The SMILES string of the molecule is NCCN1CC[C@@]2(CC[C@@H](CCl)C2)C1. The van der Waals surface area contributed by atoms with Gasteiger partial charge in [-0.25, -0.2) is 0 Å². The van der Waals surface area contributed by atoms with Crippen molar-refractivity contribution in [3.8, 4) is 0 Å². The number of hydrogen-bond donors (Lipinski definition) is 1. The quantitative estimate of drug-likeness (QED) is 0.728. The summed E-state index contributed by atoms with van der Waals surface area (Å²) in [5.74, 6) is 1.65. The van der Waals surface area contributed by atoms with Crippen LogP contribution in [0.3, 0.4) is 0 Å². The van der Waals surface area contributed by atoms with Crippen molar-refractivity contribution in [2.75, 3.05) is 32.1 Å². The molecule has 3 heteroatoms. The summed E-state index contributed by atoms with van der Waals surface area (Å²) in [6, 6.07) is 0. The first kappa shape index (κ1) is 10.7. The van der Waals surface area contributed by atoms with Gasteiger partial charge in [0.15, 0.2) is 0 Å². The first-order chi connectivity index (χ1) is 6.78. The molecule has 14 heavy (non-hydrogen) atoms. The minimum atomic E-state index is 0.620. The summed E-state index contributed by atoms with van der Waals surface area (Å²) >= 11 is 5.93. The van der Waals surface area contributed by atoms with E-state index in [4.69, 9.17) is 17.3 Å². The van der Waals surface area contributed by atoms with Crippen LogP contribution < -0.4 is 5.73 Å². The zero-order valence-corrected chi connectivity index (χ0v) is 9.60. The van der Waals surface area contributed by atoms with Crippen LogP contribution in [0.4, 0.5) is 0 Å². The van der Waals surface area contributed by atoms with Crippen LogP contribution in [-0.2, 0) is 0 Å². The van der Waals surface area contributed by atoms with Gasteiger partial charge in [-0.05, 0) is 43.6 Å². The van der Waals surface area contributed by atoms with E-state index >= 15 is 0 Å². The molecule has 0 radical (unpaired) electrons. The van der Waals surface area contributed by atoms with Crippen molar-refractivity contribution >= 4 is 11.6 Å². The fraction of sp³-hybridized carbons (Fsp3) is 1.00. The van der Waals surface area contributed by atoms with Gasteiger partial charge >= 0.3 is 0 Å². The Morgan fingerprint density at radius 1 is 1.43 bits per heavy atom. The molecule has 1 aliphatic carbocycles. The van der Waals surface area contributed by atoms with Crippen LogP contribution in [0.1, 0.15) is 25.7 Å². The Bertz CT molecular complexity index is 198. The second-order valence-electron chi connectivity index (χ2n) is 5.08. The lowest BCUT2D eigenvalue weighted by atomic mass is 9.85. The van der Waals surface area contributed by atoms with E-state index in [1.807, 2.05) is 0 Å². The Morgan fingerprint density at radius 2 is 2.29 bits per heavy atom. The summed E-state index contributed by atoms with van der Waals surface area (Å²) in [6.07, 6.45) is 5.48. The highest BCUT2D eigenvalue weighted by Gasteiger charge is 2.43. The molecule has 0 unspecified atom stereocenters. The average molecular weight is 217 g/mol. The highest BCUT2D eigenvalue weighted by molar-refractivity contribution is 6.18. The number of alkyl halides is 1. The number of nitrogens with two attached hydrogens (primary N) is 1. The van der Waals surface area contributed by atoms with Crippen molar-refractivity contribution in [3.05, 3.63) is 0 Å². The molecule has 1 saturated carbocycles. The zero-order chi connectivity index (χ0) is 10.0. The average Bonchev–Trinajstić information content (AvgIpc) is 2.76. The highest BCUT2D eigenvalue weighted by Crippen LogP contribution is 2.48. The molecule has 0 amide bonds. The predicted molar refractivity (Wildman–Crippen MR) is 60.6 cm³/mol. The van der Waals surface area contributed by atoms with Gasteiger partial charge in [0.1, 0.15) is 0 Å². The van der Waals surface area contributed by atoms with Crippen molar-refractivity contribution < 1.29 is 0 Å². The number of halogens is 1. The number of rotatable bonds is 3. The maximum atomic E-state index is 5.93. The molecule has 0 aromatic carbocycles. The van der Waals surface area contributed by atoms with Crippen LogP contribution in [0.25, 0.3) is 0 Å². The van der Waals surface area contributed by atoms with E-state index in [9.17, 15) is 0 Å². The first-order valence-corrected chi connectivity index (χ1v) is 6.30. The van der Waals surface area contributed by atoms with E-state index in [-0.39, 0.29) is 0 Å². The summed E-state index contributed by atoms with van der Waals surface area (Å²) < 4.78 is 0. The van der Waals surface area contributed by atoms with E-state index in [0.717, 1.165) is 24.9 Å². The number of hydrogen-bond acceptors (Lipinski definition) is 2. The Balaban J connectivity index is 1.87. The molecule has 0 aromatic heterocycles. The molecule has 0 aromatic rings. The third-order valence-electron chi connectivity index (χ3n) is 3.99. The molecular weight excluding hydrogens is 196 g/mol. The molecular formula is C11H21ClN2. The van der Waals surface area contributed by atoms with Crippen molar-refractivity contribution in [3.63, 3.8) is 0 Å². The Hall–Kier alpha value is 0.210. The van der Waals surface area contributed by atoms with E-state index in [0.29, 0.717) is 5.41 Å². The summed E-state index contributed by atoms with van der Waals surface area (Å²) in [4.78, 5) is 2.52. The topological polar surface area (TPSA) is 29.3 Å². The fourth-order valence-electron chi connectivity index (χ4n) is 3.23. The first-order valence-electron chi connectivity index (χ1n) is 5.76. The third-order valence-corrected chi connectivity index (χ3v) is 4.42. The number of likely N-dealkylation sites (tertiary alicyclic amines) is 1. The summed E-state index contributed by atoms with van der Waals surface area (Å²) in [7, 11) is 0. The zero-order valence-electron chi connectivity index (χ0n) is 8.84. The molecule has 1 heterocycles. The highest BCUT2D eigenvalue weighted by atomic mass is 35.5. The maximum absolute atomic E-state index is 5.93. The smallest absolute Gasteiger partial charge is 0.0251 e. The van der Waals surface area contributed by atoms with Crippen LogP contribution in [0.5, 0.6) is 0 Å². The third kappa shape index (κ3) is 2.07. The fourth-order valence-corrected chi connectivity index (χ4v) is 3.49. The van der Waals surface area contributed by atoms with Gasteiger partial charge in [-0.3, -0.25) is 0 Å². The van der Waals surface area contributed by atoms with Gasteiger partial charge in [0.2, 0.25) is 0 Å². The van der Waals surface area contributed by atoms with Gasteiger partial charge in [-0.2, -0.15) is 0 Å². The molecule has 82 valence electrons. The summed E-state index contributed by atoms with van der Waals surface area (Å²) in [5.41, 5.74) is 6.21. The molecule has 2 N–H and O–H groups in total. The van der Waals surface area contributed by atoms with Gasteiger partial charge in [0.05, 0.1) is 0 Å². The lowest BCUT2D eigenvalue weighted by Crippen LogP contribution is -2.30. The molecule has 1 aliphatic heterocycles. The second kappa shape index (κ2) is 4.38. The van der Waals surface area contributed by atoms with E-state index in [1.54, 1.807) is 0 Å².